The predicted molar refractivity (Wildman–Crippen MR) is 133 cm³/mol. The second kappa shape index (κ2) is 10.6. The summed E-state index contributed by atoms with van der Waals surface area (Å²) in [4.78, 5) is 28.3. The Hall–Kier alpha value is -0.910. The van der Waals surface area contributed by atoms with Crippen LogP contribution in [0.5, 0.6) is 0 Å². The Morgan fingerprint density at radius 2 is 1.94 bits per heavy atom. The highest BCUT2D eigenvalue weighted by atomic mass is 32.2. The number of carbonyl (C=O) groups excluding carboxylic acids is 2. The molecule has 10 heteroatoms. The molecule has 0 aromatic carbocycles. The molecule has 5 fully saturated rings. The number of amides is 2. The SMILES string of the molecule is COC1CCCCC1C1CC(C)NCC1C(=O)NC1NC2CN(C(=O)C3CCN(C)N3)CC2S1. The second-order valence-corrected chi connectivity index (χ2v) is 12.4. The van der Waals surface area contributed by atoms with E-state index in [1.54, 1.807) is 11.8 Å². The number of hydrogen-bond donors (Lipinski definition) is 4. The van der Waals surface area contributed by atoms with Crippen molar-refractivity contribution in [1.82, 2.24) is 31.3 Å². The maximum atomic E-state index is 13.5. The van der Waals surface area contributed by atoms with Gasteiger partial charge in [-0.25, -0.2) is 10.4 Å². The number of carbonyl (C=O) groups is 2. The summed E-state index contributed by atoms with van der Waals surface area (Å²) in [5.41, 5.74) is 3.17. The van der Waals surface area contributed by atoms with Gasteiger partial charge in [-0.1, -0.05) is 12.8 Å². The van der Waals surface area contributed by atoms with Gasteiger partial charge in [-0.15, -0.1) is 11.8 Å². The molecule has 0 spiro atoms. The number of hydrogen-bond acceptors (Lipinski definition) is 8. The summed E-state index contributed by atoms with van der Waals surface area (Å²) in [5, 5.41) is 12.8. The third kappa shape index (κ3) is 5.13. The smallest absolute Gasteiger partial charge is 0.241 e. The Kier molecular flexibility index (Phi) is 7.72. The van der Waals surface area contributed by atoms with E-state index in [1.165, 1.54) is 12.8 Å². The molecule has 4 saturated heterocycles. The summed E-state index contributed by atoms with van der Waals surface area (Å²) < 4.78 is 5.87. The van der Waals surface area contributed by atoms with E-state index in [1.807, 2.05) is 24.1 Å². The summed E-state index contributed by atoms with van der Waals surface area (Å²) >= 11 is 1.77. The molecule has 0 aromatic heterocycles. The number of hydrazine groups is 1. The minimum atomic E-state index is -0.0989. The number of rotatable bonds is 5. The van der Waals surface area contributed by atoms with Crippen LogP contribution in [0.25, 0.3) is 0 Å². The van der Waals surface area contributed by atoms with Gasteiger partial charge in [0, 0.05) is 57.7 Å². The van der Waals surface area contributed by atoms with Crippen molar-refractivity contribution in [2.45, 2.75) is 80.4 Å². The Labute approximate surface area is 207 Å². The Morgan fingerprint density at radius 3 is 2.68 bits per heavy atom. The van der Waals surface area contributed by atoms with Gasteiger partial charge in [-0.3, -0.25) is 14.9 Å². The lowest BCUT2D eigenvalue weighted by Crippen LogP contribution is -2.55. The zero-order chi connectivity index (χ0) is 23.8. The topological polar surface area (TPSA) is 98.0 Å². The molecule has 0 aromatic rings. The van der Waals surface area contributed by atoms with Gasteiger partial charge in [-0.2, -0.15) is 0 Å². The summed E-state index contributed by atoms with van der Waals surface area (Å²) in [6.45, 7) is 5.33. The molecular formula is C24H42N6O3S. The van der Waals surface area contributed by atoms with E-state index in [0.29, 0.717) is 29.7 Å². The van der Waals surface area contributed by atoms with Crippen molar-refractivity contribution in [1.29, 1.82) is 0 Å². The van der Waals surface area contributed by atoms with Gasteiger partial charge in [0.25, 0.3) is 0 Å². The van der Waals surface area contributed by atoms with Gasteiger partial charge in [0.1, 0.15) is 11.5 Å². The average Bonchev–Trinajstić information content (AvgIpc) is 3.53. The first-order chi connectivity index (χ1) is 16.4. The van der Waals surface area contributed by atoms with Crippen molar-refractivity contribution < 1.29 is 14.3 Å². The normalized spacial score (nSPS) is 43.1. The van der Waals surface area contributed by atoms with Crippen molar-refractivity contribution in [2.24, 2.45) is 17.8 Å². The molecule has 4 N–H and O–H groups in total. The van der Waals surface area contributed by atoms with Crippen LogP contribution in [-0.4, -0.2) is 97.0 Å². The van der Waals surface area contributed by atoms with Gasteiger partial charge in [0.2, 0.25) is 11.8 Å². The van der Waals surface area contributed by atoms with E-state index in [-0.39, 0.29) is 41.4 Å². The van der Waals surface area contributed by atoms with Gasteiger partial charge >= 0.3 is 0 Å². The maximum absolute atomic E-state index is 13.5. The number of nitrogens with one attached hydrogen (secondary N) is 4. The molecule has 9 atom stereocenters. The van der Waals surface area contributed by atoms with Crippen molar-refractivity contribution in [2.75, 3.05) is 40.3 Å². The highest BCUT2D eigenvalue weighted by Gasteiger charge is 2.47. The number of likely N-dealkylation sites (tertiary alicyclic amines) is 1. The molecule has 34 heavy (non-hydrogen) atoms. The second-order valence-electron chi connectivity index (χ2n) is 11.0. The Bertz CT molecular complexity index is 744. The van der Waals surface area contributed by atoms with Crippen LogP contribution in [0.1, 0.15) is 45.4 Å². The molecule has 2 amide bonds. The highest BCUT2D eigenvalue weighted by molar-refractivity contribution is 8.00. The van der Waals surface area contributed by atoms with Crippen LogP contribution in [0, 0.1) is 17.8 Å². The van der Waals surface area contributed by atoms with Gasteiger partial charge in [-0.05, 0) is 44.4 Å². The number of nitrogens with zero attached hydrogens (tertiary/aromatic N) is 2. The first kappa shape index (κ1) is 24.8. The fraction of sp³-hybridized carbons (Fsp3) is 0.917. The van der Waals surface area contributed by atoms with E-state index in [4.69, 9.17) is 4.74 Å². The number of methoxy groups -OCH3 is 1. The summed E-state index contributed by atoms with van der Waals surface area (Å²) in [7, 11) is 3.81. The highest BCUT2D eigenvalue weighted by Crippen LogP contribution is 2.40. The minimum Gasteiger partial charge on any atom is -0.381 e. The van der Waals surface area contributed by atoms with Crippen molar-refractivity contribution >= 4 is 23.6 Å². The van der Waals surface area contributed by atoms with Crippen LogP contribution in [0.15, 0.2) is 0 Å². The minimum absolute atomic E-state index is 0.0247. The third-order valence-electron chi connectivity index (χ3n) is 8.73. The zero-order valence-electron chi connectivity index (χ0n) is 20.8. The molecule has 4 heterocycles. The van der Waals surface area contributed by atoms with Crippen molar-refractivity contribution in [3.63, 3.8) is 0 Å². The van der Waals surface area contributed by atoms with E-state index in [2.05, 4.69) is 28.3 Å². The van der Waals surface area contributed by atoms with Crippen molar-refractivity contribution in [3.8, 4) is 0 Å². The fourth-order valence-corrected chi connectivity index (χ4v) is 8.30. The standard InChI is InChI=1S/C24H42N6O3S/c1-14-10-16(15-6-4-5-7-20(15)33-3)17(11-25-14)22(31)27-24-26-19-12-30(13-21(19)34-24)23(32)18-8-9-29(2)28-18/h14-21,24-26,28H,4-13H2,1-3H3,(H,27,31). The number of fused-ring (bicyclic) bond motifs is 1. The molecule has 4 aliphatic heterocycles. The maximum Gasteiger partial charge on any atom is 0.241 e. The summed E-state index contributed by atoms with van der Waals surface area (Å²) in [6, 6.07) is 0.567. The van der Waals surface area contributed by atoms with E-state index < -0.39 is 0 Å². The van der Waals surface area contributed by atoms with Crippen LogP contribution in [-0.2, 0) is 14.3 Å². The van der Waals surface area contributed by atoms with Crippen LogP contribution >= 0.6 is 11.8 Å². The van der Waals surface area contributed by atoms with Crippen LogP contribution in [0.3, 0.4) is 0 Å². The monoisotopic (exact) mass is 494 g/mol. The van der Waals surface area contributed by atoms with Crippen molar-refractivity contribution in [3.05, 3.63) is 0 Å². The molecule has 9 unspecified atom stereocenters. The predicted octanol–water partition coefficient (Wildman–Crippen LogP) is 0.330. The third-order valence-corrected chi connectivity index (χ3v) is 10.1. The average molecular weight is 495 g/mol. The summed E-state index contributed by atoms with van der Waals surface area (Å²) in [6.07, 6.45) is 6.90. The first-order valence-electron chi connectivity index (χ1n) is 13.2. The number of piperidine rings is 1. The molecule has 5 rings (SSSR count). The molecule has 192 valence electrons. The van der Waals surface area contributed by atoms with Crippen LogP contribution in [0.4, 0.5) is 0 Å². The first-order valence-corrected chi connectivity index (χ1v) is 14.1. The van der Waals surface area contributed by atoms with Gasteiger partial charge < -0.3 is 20.3 Å². The lowest BCUT2D eigenvalue weighted by molar-refractivity contribution is -0.133. The van der Waals surface area contributed by atoms with E-state index in [9.17, 15) is 9.59 Å². The number of thioether (sulfide) groups is 1. The molecule has 1 saturated carbocycles. The lowest BCUT2D eigenvalue weighted by atomic mass is 9.68. The molecule has 9 nitrogen and oxygen atoms in total. The number of ether oxygens (including phenoxy) is 1. The van der Waals surface area contributed by atoms with Gasteiger partial charge in [0.15, 0.2) is 0 Å². The summed E-state index contributed by atoms with van der Waals surface area (Å²) in [5.74, 6) is 1.15. The molecular weight excluding hydrogens is 452 g/mol. The lowest BCUT2D eigenvalue weighted by Gasteiger charge is -2.44. The molecule has 0 bridgehead atoms. The van der Waals surface area contributed by atoms with E-state index in [0.717, 1.165) is 45.3 Å². The van der Waals surface area contributed by atoms with Crippen LogP contribution < -0.4 is 21.4 Å². The Morgan fingerprint density at radius 1 is 1.12 bits per heavy atom. The zero-order valence-corrected chi connectivity index (χ0v) is 21.6. The van der Waals surface area contributed by atoms with E-state index >= 15 is 0 Å². The van der Waals surface area contributed by atoms with Crippen LogP contribution in [0.2, 0.25) is 0 Å². The molecule has 1 aliphatic carbocycles. The Balaban J connectivity index is 1.15. The molecule has 5 aliphatic rings. The molecule has 0 radical (unpaired) electrons. The fourth-order valence-electron chi connectivity index (χ4n) is 6.89. The largest absolute Gasteiger partial charge is 0.381 e. The quantitative estimate of drug-likeness (QED) is 0.434. The van der Waals surface area contributed by atoms with Gasteiger partial charge in [0.05, 0.1) is 12.0 Å².